The van der Waals surface area contributed by atoms with Crippen LogP contribution in [0.4, 0.5) is 0 Å². The van der Waals surface area contributed by atoms with Crippen LogP contribution in [0.25, 0.3) is 0 Å². The van der Waals surface area contributed by atoms with Crippen LogP contribution < -0.4 is 5.73 Å². The van der Waals surface area contributed by atoms with Crippen molar-refractivity contribution < 1.29 is 4.79 Å². The Morgan fingerprint density at radius 2 is 2.36 bits per heavy atom. The van der Waals surface area contributed by atoms with Crippen molar-refractivity contribution in [1.82, 2.24) is 9.88 Å². The fraction of sp³-hybridized carbons (Fsp3) is 0.556. The molecule has 0 bridgehead atoms. The molecule has 0 aromatic carbocycles. The van der Waals surface area contributed by atoms with E-state index in [0.717, 1.165) is 0 Å². The van der Waals surface area contributed by atoms with Gasteiger partial charge in [0.1, 0.15) is 5.69 Å². The van der Waals surface area contributed by atoms with Gasteiger partial charge in [0.15, 0.2) is 0 Å². The predicted octanol–water partition coefficient (Wildman–Crippen LogP) is 0.952. The molecule has 0 saturated heterocycles. The largest absolute Gasteiger partial charge is 0.334 e. The Kier molecular flexibility index (Phi) is 3.23. The number of hydrogen-bond acceptors (Lipinski definition) is 4. The molecule has 0 saturated carbocycles. The number of carbonyl (C=O) groups is 1. The first-order valence-electron chi connectivity index (χ1n) is 4.35. The molecule has 0 unspecified atom stereocenters. The summed E-state index contributed by atoms with van der Waals surface area (Å²) in [5.41, 5.74) is 7.39. The Hall–Kier alpha value is -0.940. The highest BCUT2D eigenvalue weighted by Gasteiger charge is 2.27. The lowest BCUT2D eigenvalue weighted by Crippen LogP contribution is -2.50. The fourth-order valence-corrected chi connectivity index (χ4v) is 1.43. The SMILES string of the molecule is CN(C(=O)c1cscn1)C(C)(C)CN. The number of nitrogens with zero attached hydrogens (tertiary/aromatic N) is 2. The summed E-state index contributed by atoms with van der Waals surface area (Å²) in [6.07, 6.45) is 0. The number of hydrogen-bond donors (Lipinski definition) is 1. The monoisotopic (exact) mass is 213 g/mol. The third kappa shape index (κ3) is 2.10. The second-order valence-electron chi connectivity index (χ2n) is 3.75. The molecule has 78 valence electrons. The molecule has 1 aromatic heterocycles. The van der Waals surface area contributed by atoms with E-state index >= 15 is 0 Å². The van der Waals surface area contributed by atoms with Gasteiger partial charge in [-0.1, -0.05) is 0 Å². The van der Waals surface area contributed by atoms with Crippen LogP contribution in [-0.4, -0.2) is 34.9 Å². The molecule has 1 aromatic rings. The minimum Gasteiger partial charge on any atom is -0.334 e. The molecule has 0 aliphatic carbocycles. The molecule has 1 amide bonds. The molecular formula is C9H15N3OS. The molecular weight excluding hydrogens is 198 g/mol. The van der Waals surface area contributed by atoms with E-state index in [-0.39, 0.29) is 11.4 Å². The molecule has 0 aliphatic rings. The number of thiazole rings is 1. The average Bonchev–Trinajstić information content (AvgIpc) is 2.68. The van der Waals surface area contributed by atoms with Gasteiger partial charge in [0.25, 0.3) is 5.91 Å². The van der Waals surface area contributed by atoms with Gasteiger partial charge in [0, 0.05) is 24.5 Å². The van der Waals surface area contributed by atoms with E-state index in [4.69, 9.17) is 5.73 Å². The highest BCUT2D eigenvalue weighted by atomic mass is 32.1. The number of aromatic nitrogens is 1. The summed E-state index contributed by atoms with van der Waals surface area (Å²) in [6, 6.07) is 0. The Morgan fingerprint density at radius 3 is 2.79 bits per heavy atom. The highest BCUT2D eigenvalue weighted by Crippen LogP contribution is 2.14. The zero-order valence-electron chi connectivity index (χ0n) is 8.65. The number of amides is 1. The van der Waals surface area contributed by atoms with Gasteiger partial charge in [-0.3, -0.25) is 4.79 Å². The quantitative estimate of drug-likeness (QED) is 0.813. The topological polar surface area (TPSA) is 59.2 Å². The summed E-state index contributed by atoms with van der Waals surface area (Å²) in [7, 11) is 1.74. The lowest BCUT2D eigenvalue weighted by atomic mass is 10.0. The van der Waals surface area contributed by atoms with E-state index in [1.807, 2.05) is 13.8 Å². The minimum absolute atomic E-state index is 0.0818. The van der Waals surface area contributed by atoms with Crippen molar-refractivity contribution in [1.29, 1.82) is 0 Å². The third-order valence-electron chi connectivity index (χ3n) is 2.36. The van der Waals surface area contributed by atoms with Gasteiger partial charge in [-0.05, 0) is 13.8 Å². The van der Waals surface area contributed by atoms with Crippen molar-refractivity contribution in [3.05, 3.63) is 16.6 Å². The molecule has 0 atom stereocenters. The van der Waals surface area contributed by atoms with Crippen LogP contribution in [0.3, 0.4) is 0 Å². The molecule has 1 rings (SSSR count). The number of likely N-dealkylation sites (N-methyl/N-ethyl adjacent to an activating group) is 1. The molecule has 0 fully saturated rings. The van der Waals surface area contributed by atoms with E-state index in [1.165, 1.54) is 11.3 Å². The number of nitrogens with two attached hydrogens (primary N) is 1. The normalized spacial score (nSPS) is 11.4. The molecule has 14 heavy (non-hydrogen) atoms. The van der Waals surface area contributed by atoms with E-state index in [2.05, 4.69) is 4.98 Å². The smallest absolute Gasteiger partial charge is 0.273 e. The van der Waals surface area contributed by atoms with Gasteiger partial charge in [0.05, 0.1) is 5.51 Å². The average molecular weight is 213 g/mol. The highest BCUT2D eigenvalue weighted by molar-refractivity contribution is 7.07. The third-order valence-corrected chi connectivity index (χ3v) is 2.95. The zero-order chi connectivity index (χ0) is 10.8. The van der Waals surface area contributed by atoms with Crippen molar-refractivity contribution in [2.45, 2.75) is 19.4 Å². The van der Waals surface area contributed by atoms with Crippen LogP contribution in [0.5, 0.6) is 0 Å². The molecule has 1 heterocycles. The van der Waals surface area contributed by atoms with Crippen LogP contribution in [0.1, 0.15) is 24.3 Å². The summed E-state index contributed by atoms with van der Waals surface area (Å²) >= 11 is 1.41. The summed E-state index contributed by atoms with van der Waals surface area (Å²) < 4.78 is 0. The maximum Gasteiger partial charge on any atom is 0.273 e. The van der Waals surface area contributed by atoms with Crippen molar-refractivity contribution >= 4 is 17.2 Å². The van der Waals surface area contributed by atoms with Crippen LogP contribution in [0.2, 0.25) is 0 Å². The van der Waals surface area contributed by atoms with Crippen LogP contribution in [0, 0.1) is 0 Å². The van der Waals surface area contributed by atoms with Crippen molar-refractivity contribution in [2.75, 3.05) is 13.6 Å². The first kappa shape index (κ1) is 11.1. The standard InChI is InChI=1S/C9H15N3OS/c1-9(2,5-10)12(3)8(13)7-4-14-6-11-7/h4,6H,5,10H2,1-3H3. The van der Waals surface area contributed by atoms with E-state index < -0.39 is 0 Å². The summed E-state index contributed by atoms with van der Waals surface area (Å²) in [5, 5.41) is 1.74. The number of rotatable bonds is 3. The second kappa shape index (κ2) is 4.06. The van der Waals surface area contributed by atoms with Crippen molar-refractivity contribution in [2.24, 2.45) is 5.73 Å². The first-order valence-corrected chi connectivity index (χ1v) is 5.30. The summed E-state index contributed by atoms with van der Waals surface area (Å²) in [4.78, 5) is 17.4. The number of carbonyl (C=O) groups excluding carboxylic acids is 1. The van der Waals surface area contributed by atoms with Gasteiger partial charge in [0.2, 0.25) is 0 Å². The first-order chi connectivity index (χ1) is 6.49. The molecule has 5 heteroatoms. The zero-order valence-corrected chi connectivity index (χ0v) is 9.47. The van der Waals surface area contributed by atoms with Crippen LogP contribution in [0.15, 0.2) is 10.9 Å². The van der Waals surface area contributed by atoms with Gasteiger partial charge in [-0.2, -0.15) is 0 Å². The lowest BCUT2D eigenvalue weighted by molar-refractivity contribution is 0.0635. The van der Waals surface area contributed by atoms with Crippen molar-refractivity contribution in [3.63, 3.8) is 0 Å². The van der Waals surface area contributed by atoms with Gasteiger partial charge in [-0.15, -0.1) is 11.3 Å². The molecule has 2 N–H and O–H groups in total. The van der Waals surface area contributed by atoms with Gasteiger partial charge >= 0.3 is 0 Å². The van der Waals surface area contributed by atoms with E-state index in [1.54, 1.807) is 22.8 Å². The summed E-state index contributed by atoms with van der Waals surface area (Å²) in [5.74, 6) is -0.0818. The molecule has 0 aliphatic heterocycles. The molecule has 0 spiro atoms. The van der Waals surface area contributed by atoms with Crippen LogP contribution in [-0.2, 0) is 0 Å². The Bertz CT molecular complexity index is 308. The Balaban J connectivity index is 2.81. The molecule has 0 radical (unpaired) electrons. The maximum absolute atomic E-state index is 11.8. The second-order valence-corrected chi connectivity index (χ2v) is 4.47. The van der Waals surface area contributed by atoms with E-state index in [0.29, 0.717) is 12.2 Å². The molecule has 4 nitrogen and oxygen atoms in total. The predicted molar refractivity (Wildman–Crippen MR) is 57.3 cm³/mol. The maximum atomic E-state index is 11.8. The Labute approximate surface area is 87.7 Å². The lowest BCUT2D eigenvalue weighted by Gasteiger charge is -2.33. The fourth-order valence-electron chi connectivity index (χ4n) is 0.902. The van der Waals surface area contributed by atoms with Gasteiger partial charge < -0.3 is 10.6 Å². The van der Waals surface area contributed by atoms with Gasteiger partial charge in [-0.25, -0.2) is 4.98 Å². The summed E-state index contributed by atoms with van der Waals surface area (Å²) in [6.45, 7) is 4.29. The van der Waals surface area contributed by atoms with E-state index in [9.17, 15) is 4.79 Å². The Morgan fingerprint density at radius 1 is 1.71 bits per heavy atom. The van der Waals surface area contributed by atoms with Crippen molar-refractivity contribution in [3.8, 4) is 0 Å². The minimum atomic E-state index is -0.333. The van der Waals surface area contributed by atoms with Crippen LogP contribution >= 0.6 is 11.3 Å².